The number of nitrogens with one attached hydrogen (secondary N) is 1. The van der Waals surface area contributed by atoms with Gasteiger partial charge in [-0.1, -0.05) is 12.1 Å². The molecule has 144 valence electrons. The fraction of sp³-hybridized carbons (Fsp3) is 0.227. The van der Waals surface area contributed by atoms with E-state index < -0.39 is 5.97 Å². The van der Waals surface area contributed by atoms with Crippen molar-refractivity contribution in [1.82, 2.24) is 4.98 Å². The lowest BCUT2D eigenvalue weighted by molar-refractivity contribution is -0.139. The van der Waals surface area contributed by atoms with Crippen molar-refractivity contribution >= 4 is 28.4 Å². The average molecular weight is 377 g/mol. The van der Waals surface area contributed by atoms with Gasteiger partial charge in [0.15, 0.2) is 6.61 Å². The van der Waals surface area contributed by atoms with E-state index >= 15 is 0 Å². The Bertz CT molecular complexity index is 1060. The summed E-state index contributed by atoms with van der Waals surface area (Å²) in [6.07, 6.45) is 0. The van der Waals surface area contributed by atoms with E-state index in [9.17, 15) is 4.79 Å². The number of carbonyl (C=O) groups is 1. The Kier molecular flexibility index (Phi) is 5.59. The van der Waals surface area contributed by atoms with Crippen LogP contribution in [-0.2, 0) is 4.79 Å². The second-order valence-electron chi connectivity index (χ2n) is 6.74. The van der Waals surface area contributed by atoms with Crippen LogP contribution in [0.25, 0.3) is 10.9 Å². The molecule has 0 radical (unpaired) electrons. The lowest BCUT2D eigenvalue weighted by atomic mass is 10.0. The Balaban J connectivity index is 1.79. The first-order chi connectivity index (χ1) is 13.3. The van der Waals surface area contributed by atoms with Gasteiger partial charge in [-0.3, -0.25) is 5.43 Å². The summed E-state index contributed by atoms with van der Waals surface area (Å²) in [5.41, 5.74) is 9.23. The second kappa shape index (κ2) is 8.08. The standard InChI is InChI=1S/C22H23N3O3/c1-13-5-10-19-14(2)11-20(23-22(19)15(13)3)25-24-16(4)17-6-8-18(9-7-17)28-12-21(26)27/h5-11H,12H2,1-4H3,(H,23,25)(H,26,27)/b24-16-. The quantitative estimate of drug-likeness (QED) is 0.489. The predicted octanol–water partition coefficient (Wildman–Crippen LogP) is 4.46. The molecule has 2 aromatic carbocycles. The summed E-state index contributed by atoms with van der Waals surface area (Å²) < 4.78 is 5.14. The van der Waals surface area contributed by atoms with Gasteiger partial charge in [0.05, 0.1) is 11.2 Å². The summed E-state index contributed by atoms with van der Waals surface area (Å²) in [5, 5.41) is 14.2. The maximum atomic E-state index is 10.6. The van der Waals surface area contributed by atoms with Crippen molar-refractivity contribution in [2.24, 2.45) is 5.10 Å². The summed E-state index contributed by atoms with van der Waals surface area (Å²) in [5.74, 6) is 0.193. The first kappa shape index (κ1) is 19.4. The molecular weight excluding hydrogens is 354 g/mol. The van der Waals surface area contributed by atoms with E-state index in [1.807, 2.05) is 25.1 Å². The number of carboxylic acid groups (broad SMARTS) is 1. The first-order valence-corrected chi connectivity index (χ1v) is 8.98. The molecule has 1 aromatic heterocycles. The van der Waals surface area contributed by atoms with Crippen molar-refractivity contribution in [3.63, 3.8) is 0 Å². The number of aryl methyl sites for hydroxylation is 3. The summed E-state index contributed by atoms with van der Waals surface area (Å²) in [7, 11) is 0. The molecule has 0 bridgehead atoms. The predicted molar refractivity (Wildman–Crippen MR) is 111 cm³/mol. The highest BCUT2D eigenvalue weighted by Crippen LogP contribution is 2.25. The van der Waals surface area contributed by atoms with Crippen molar-refractivity contribution in [3.8, 4) is 5.75 Å². The monoisotopic (exact) mass is 377 g/mol. The molecule has 0 aliphatic rings. The lowest BCUT2D eigenvalue weighted by Crippen LogP contribution is -2.09. The van der Waals surface area contributed by atoms with Crippen LogP contribution in [0.3, 0.4) is 0 Å². The smallest absolute Gasteiger partial charge is 0.341 e. The minimum Gasteiger partial charge on any atom is -0.482 e. The van der Waals surface area contributed by atoms with Gasteiger partial charge in [-0.25, -0.2) is 9.78 Å². The normalized spacial score (nSPS) is 11.5. The van der Waals surface area contributed by atoms with Gasteiger partial charge < -0.3 is 9.84 Å². The number of nitrogens with zero attached hydrogens (tertiary/aromatic N) is 2. The third kappa shape index (κ3) is 4.28. The summed E-state index contributed by atoms with van der Waals surface area (Å²) in [6, 6.07) is 13.3. The fourth-order valence-electron chi connectivity index (χ4n) is 2.90. The number of aliphatic carboxylic acids is 1. The minimum absolute atomic E-state index is 0.361. The maximum absolute atomic E-state index is 10.6. The number of rotatable bonds is 6. The van der Waals surface area contributed by atoms with Crippen LogP contribution in [0, 0.1) is 20.8 Å². The van der Waals surface area contributed by atoms with Gasteiger partial charge in [0.25, 0.3) is 0 Å². The highest BCUT2D eigenvalue weighted by atomic mass is 16.5. The highest BCUT2D eigenvalue weighted by molar-refractivity contribution is 5.99. The molecule has 3 rings (SSSR count). The minimum atomic E-state index is -1.00. The van der Waals surface area contributed by atoms with Crippen LogP contribution in [0.1, 0.15) is 29.2 Å². The SMILES string of the molecule is C/C(=N/Nc1cc(C)c2ccc(C)c(C)c2n1)c1ccc(OCC(=O)O)cc1. The highest BCUT2D eigenvalue weighted by Gasteiger charge is 2.07. The van der Waals surface area contributed by atoms with Gasteiger partial charge in [-0.05, 0) is 80.3 Å². The molecular formula is C22H23N3O3. The van der Waals surface area contributed by atoms with E-state index in [1.54, 1.807) is 12.1 Å². The fourth-order valence-corrected chi connectivity index (χ4v) is 2.90. The molecule has 0 saturated carbocycles. The number of hydrazone groups is 1. The van der Waals surface area contributed by atoms with Crippen LogP contribution in [0.5, 0.6) is 5.75 Å². The van der Waals surface area contributed by atoms with Gasteiger partial charge >= 0.3 is 5.97 Å². The third-order valence-corrected chi connectivity index (χ3v) is 4.68. The molecule has 6 heteroatoms. The third-order valence-electron chi connectivity index (χ3n) is 4.68. The Morgan fingerprint density at radius 3 is 2.50 bits per heavy atom. The molecule has 0 saturated heterocycles. The van der Waals surface area contributed by atoms with Crippen molar-refractivity contribution in [2.45, 2.75) is 27.7 Å². The van der Waals surface area contributed by atoms with Gasteiger partial charge in [-0.15, -0.1) is 0 Å². The molecule has 6 nitrogen and oxygen atoms in total. The first-order valence-electron chi connectivity index (χ1n) is 8.98. The van der Waals surface area contributed by atoms with Crippen LogP contribution in [-0.4, -0.2) is 28.4 Å². The molecule has 0 spiro atoms. The summed E-state index contributed by atoms with van der Waals surface area (Å²) >= 11 is 0. The van der Waals surface area contributed by atoms with E-state index in [2.05, 4.69) is 43.4 Å². The largest absolute Gasteiger partial charge is 0.482 e. The molecule has 2 N–H and O–H groups in total. The number of hydrogen-bond donors (Lipinski definition) is 2. The van der Waals surface area contributed by atoms with Crippen molar-refractivity contribution in [1.29, 1.82) is 0 Å². The molecule has 0 aliphatic carbocycles. The zero-order valence-electron chi connectivity index (χ0n) is 16.4. The van der Waals surface area contributed by atoms with Crippen LogP contribution >= 0.6 is 0 Å². The van der Waals surface area contributed by atoms with Gasteiger partial charge in [0, 0.05) is 5.39 Å². The van der Waals surface area contributed by atoms with E-state index in [1.165, 1.54) is 11.1 Å². The van der Waals surface area contributed by atoms with Gasteiger partial charge in [-0.2, -0.15) is 5.10 Å². The van der Waals surface area contributed by atoms with Gasteiger partial charge in [0.1, 0.15) is 11.6 Å². The molecule has 0 unspecified atom stereocenters. The summed E-state index contributed by atoms with van der Waals surface area (Å²) in [6.45, 7) is 7.76. The van der Waals surface area contributed by atoms with Crippen molar-refractivity contribution < 1.29 is 14.6 Å². The van der Waals surface area contributed by atoms with Crippen LogP contribution in [0.2, 0.25) is 0 Å². The molecule has 28 heavy (non-hydrogen) atoms. The van der Waals surface area contributed by atoms with Crippen LogP contribution in [0.4, 0.5) is 5.82 Å². The molecule has 0 fully saturated rings. The van der Waals surface area contributed by atoms with E-state index in [0.29, 0.717) is 11.6 Å². The number of benzene rings is 2. The Hall–Kier alpha value is -3.41. The van der Waals surface area contributed by atoms with Crippen LogP contribution in [0.15, 0.2) is 47.6 Å². The second-order valence-corrected chi connectivity index (χ2v) is 6.74. The maximum Gasteiger partial charge on any atom is 0.341 e. The number of fused-ring (bicyclic) bond motifs is 1. The van der Waals surface area contributed by atoms with E-state index in [4.69, 9.17) is 14.8 Å². The Morgan fingerprint density at radius 1 is 1.11 bits per heavy atom. The molecule has 0 aliphatic heterocycles. The topological polar surface area (TPSA) is 83.8 Å². The number of pyridine rings is 1. The summed E-state index contributed by atoms with van der Waals surface area (Å²) in [4.78, 5) is 15.3. The number of aromatic nitrogens is 1. The zero-order chi connectivity index (χ0) is 20.3. The number of carboxylic acids is 1. The van der Waals surface area contributed by atoms with E-state index in [0.717, 1.165) is 27.7 Å². The molecule has 1 heterocycles. The molecule has 0 amide bonds. The Morgan fingerprint density at radius 2 is 1.82 bits per heavy atom. The Labute approximate surface area is 163 Å². The average Bonchev–Trinajstić information content (AvgIpc) is 2.68. The number of ether oxygens (including phenoxy) is 1. The number of anilines is 1. The van der Waals surface area contributed by atoms with Crippen molar-refractivity contribution in [3.05, 3.63) is 64.7 Å². The van der Waals surface area contributed by atoms with Crippen molar-refractivity contribution in [2.75, 3.05) is 12.0 Å². The molecule has 3 aromatic rings. The van der Waals surface area contributed by atoms with Crippen LogP contribution < -0.4 is 10.2 Å². The lowest BCUT2D eigenvalue weighted by Gasteiger charge is -2.10. The number of hydrogen-bond acceptors (Lipinski definition) is 5. The zero-order valence-corrected chi connectivity index (χ0v) is 16.4. The van der Waals surface area contributed by atoms with Gasteiger partial charge in [0.2, 0.25) is 0 Å². The molecule has 0 atom stereocenters. The van der Waals surface area contributed by atoms with E-state index in [-0.39, 0.29) is 6.61 Å².